The lowest BCUT2D eigenvalue weighted by molar-refractivity contribution is 0.254. The van der Waals surface area contributed by atoms with Gasteiger partial charge in [-0.15, -0.1) is 0 Å². The molecular formula is C21H34N4O2. The Hall–Kier alpha value is -1.95. The molecule has 0 bridgehead atoms. The van der Waals surface area contributed by atoms with E-state index in [4.69, 9.17) is 9.47 Å². The van der Waals surface area contributed by atoms with Gasteiger partial charge in [-0.1, -0.05) is 0 Å². The highest BCUT2D eigenvalue weighted by Gasteiger charge is 2.32. The highest BCUT2D eigenvalue weighted by molar-refractivity contribution is 5.79. The van der Waals surface area contributed by atoms with E-state index < -0.39 is 0 Å². The molecule has 0 spiro atoms. The minimum atomic E-state index is 0.234. The molecule has 2 atom stereocenters. The van der Waals surface area contributed by atoms with Crippen molar-refractivity contribution >= 4 is 5.96 Å². The summed E-state index contributed by atoms with van der Waals surface area (Å²) in [5.74, 6) is 3.54. The third kappa shape index (κ3) is 5.06. The third-order valence-corrected chi connectivity index (χ3v) is 5.36. The summed E-state index contributed by atoms with van der Waals surface area (Å²) >= 11 is 0. The molecule has 1 fully saturated rings. The summed E-state index contributed by atoms with van der Waals surface area (Å²) in [4.78, 5) is 6.69. The number of guanidine groups is 1. The van der Waals surface area contributed by atoms with Crippen molar-refractivity contribution in [3.63, 3.8) is 0 Å². The first-order chi connectivity index (χ1) is 13.0. The SMILES string of the molecule is CCOc1cc2c(cc1CNC(=NC)NCC(C1CC1)N(C)C)OC(C)C2. The molecule has 2 aliphatic rings. The highest BCUT2D eigenvalue weighted by atomic mass is 16.5. The summed E-state index contributed by atoms with van der Waals surface area (Å²) in [7, 11) is 6.12. The van der Waals surface area contributed by atoms with Crippen molar-refractivity contribution in [3.8, 4) is 11.5 Å². The van der Waals surface area contributed by atoms with Crippen LogP contribution in [0.3, 0.4) is 0 Å². The van der Waals surface area contributed by atoms with Crippen LogP contribution in [0.1, 0.15) is 37.8 Å². The zero-order chi connectivity index (χ0) is 19.4. The zero-order valence-corrected chi connectivity index (χ0v) is 17.3. The Morgan fingerprint density at radius 1 is 1.33 bits per heavy atom. The first-order valence-electron chi connectivity index (χ1n) is 10.1. The Bertz CT molecular complexity index is 668. The smallest absolute Gasteiger partial charge is 0.191 e. The Morgan fingerprint density at radius 2 is 2.11 bits per heavy atom. The van der Waals surface area contributed by atoms with Gasteiger partial charge in [0, 0.05) is 43.7 Å². The zero-order valence-electron chi connectivity index (χ0n) is 17.3. The topological polar surface area (TPSA) is 58.1 Å². The summed E-state index contributed by atoms with van der Waals surface area (Å²) in [6.45, 7) is 6.33. The average molecular weight is 375 g/mol. The van der Waals surface area contributed by atoms with Crippen molar-refractivity contribution in [1.82, 2.24) is 15.5 Å². The number of aliphatic imine (C=N–C) groups is 1. The summed E-state index contributed by atoms with van der Waals surface area (Å²) in [5, 5.41) is 6.90. The van der Waals surface area contributed by atoms with Crippen molar-refractivity contribution in [1.29, 1.82) is 0 Å². The van der Waals surface area contributed by atoms with Gasteiger partial charge in [-0.3, -0.25) is 4.99 Å². The van der Waals surface area contributed by atoms with Gasteiger partial charge in [0.2, 0.25) is 0 Å². The molecule has 1 aliphatic carbocycles. The van der Waals surface area contributed by atoms with E-state index in [1.54, 1.807) is 0 Å². The average Bonchev–Trinajstić information content (AvgIpc) is 3.39. The molecule has 0 amide bonds. The third-order valence-electron chi connectivity index (χ3n) is 5.36. The van der Waals surface area contributed by atoms with Crippen LogP contribution in [-0.4, -0.2) is 57.3 Å². The van der Waals surface area contributed by atoms with Crippen LogP contribution in [0, 0.1) is 5.92 Å². The quantitative estimate of drug-likeness (QED) is 0.541. The van der Waals surface area contributed by atoms with Crippen LogP contribution in [0.15, 0.2) is 17.1 Å². The van der Waals surface area contributed by atoms with Gasteiger partial charge in [0.25, 0.3) is 0 Å². The number of hydrogen-bond acceptors (Lipinski definition) is 4. The summed E-state index contributed by atoms with van der Waals surface area (Å²) in [6.07, 6.45) is 3.85. The number of rotatable bonds is 8. The van der Waals surface area contributed by atoms with E-state index in [1.165, 1.54) is 18.4 Å². The molecule has 0 aromatic heterocycles. The van der Waals surface area contributed by atoms with Crippen molar-refractivity contribution in [2.24, 2.45) is 10.9 Å². The monoisotopic (exact) mass is 374 g/mol. The van der Waals surface area contributed by atoms with Gasteiger partial charge in [0.05, 0.1) is 6.61 Å². The maximum absolute atomic E-state index is 5.92. The molecule has 27 heavy (non-hydrogen) atoms. The van der Waals surface area contributed by atoms with Gasteiger partial charge in [-0.2, -0.15) is 0 Å². The van der Waals surface area contributed by atoms with Crippen LogP contribution in [-0.2, 0) is 13.0 Å². The van der Waals surface area contributed by atoms with Gasteiger partial charge in [-0.05, 0) is 58.8 Å². The molecule has 1 aromatic rings. The molecule has 1 aromatic carbocycles. The van der Waals surface area contributed by atoms with Gasteiger partial charge in [0.15, 0.2) is 5.96 Å². The Balaban J connectivity index is 1.61. The van der Waals surface area contributed by atoms with Crippen LogP contribution < -0.4 is 20.1 Å². The second-order valence-electron chi connectivity index (χ2n) is 7.81. The predicted molar refractivity (Wildman–Crippen MR) is 110 cm³/mol. The lowest BCUT2D eigenvalue weighted by Gasteiger charge is -2.25. The number of ether oxygens (including phenoxy) is 2. The van der Waals surface area contributed by atoms with Crippen molar-refractivity contribution < 1.29 is 9.47 Å². The summed E-state index contributed by atoms with van der Waals surface area (Å²) in [6, 6.07) is 4.79. The molecular weight excluding hydrogens is 340 g/mol. The molecule has 6 nitrogen and oxygen atoms in total. The van der Waals surface area contributed by atoms with Crippen molar-refractivity contribution in [2.75, 3.05) is 34.3 Å². The van der Waals surface area contributed by atoms with Crippen LogP contribution >= 0.6 is 0 Å². The lowest BCUT2D eigenvalue weighted by atomic mass is 10.1. The molecule has 2 unspecified atom stereocenters. The minimum Gasteiger partial charge on any atom is -0.494 e. The lowest BCUT2D eigenvalue weighted by Crippen LogP contribution is -2.45. The molecule has 0 saturated heterocycles. The van der Waals surface area contributed by atoms with Gasteiger partial charge in [-0.25, -0.2) is 0 Å². The number of hydrogen-bond donors (Lipinski definition) is 2. The van der Waals surface area contributed by atoms with E-state index in [0.29, 0.717) is 19.2 Å². The van der Waals surface area contributed by atoms with Crippen LogP contribution in [0.5, 0.6) is 11.5 Å². The second kappa shape index (κ2) is 8.83. The molecule has 6 heteroatoms. The maximum atomic E-state index is 5.92. The molecule has 3 rings (SSSR count). The standard InChI is InChI=1S/C21H34N4O2/c1-6-26-19-10-16-9-14(2)27-20(16)11-17(19)12-23-21(22-3)24-13-18(25(4)5)15-7-8-15/h10-11,14-15,18H,6-9,12-13H2,1-5H3,(H2,22,23,24). The second-order valence-corrected chi connectivity index (χ2v) is 7.81. The number of nitrogens with zero attached hydrogens (tertiary/aromatic N) is 2. The highest BCUT2D eigenvalue weighted by Crippen LogP contribution is 2.35. The van der Waals surface area contributed by atoms with Gasteiger partial charge >= 0.3 is 0 Å². The molecule has 1 saturated carbocycles. The largest absolute Gasteiger partial charge is 0.494 e. The first kappa shape index (κ1) is 19.8. The van der Waals surface area contributed by atoms with Crippen LogP contribution in [0.2, 0.25) is 0 Å². The van der Waals surface area contributed by atoms with E-state index in [9.17, 15) is 0 Å². The van der Waals surface area contributed by atoms with Gasteiger partial charge < -0.3 is 25.0 Å². The van der Waals surface area contributed by atoms with E-state index in [-0.39, 0.29) is 6.10 Å². The van der Waals surface area contributed by atoms with E-state index in [1.807, 2.05) is 14.0 Å². The fraction of sp³-hybridized carbons (Fsp3) is 0.667. The van der Waals surface area contributed by atoms with Crippen molar-refractivity contribution in [2.45, 2.75) is 51.8 Å². The maximum Gasteiger partial charge on any atom is 0.191 e. The number of benzene rings is 1. The van der Waals surface area contributed by atoms with Crippen LogP contribution in [0.25, 0.3) is 0 Å². The van der Waals surface area contributed by atoms with E-state index >= 15 is 0 Å². The van der Waals surface area contributed by atoms with E-state index in [0.717, 1.165) is 41.9 Å². The fourth-order valence-electron chi connectivity index (χ4n) is 3.76. The normalized spacial score (nSPS) is 20.2. The molecule has 150 valence electrons. The Labute approximate surface area is 163 Å². The summed E-state index contributed by atoms with van der Waals surface area (Å²) < 4.78 is 11.8. The first-order valence-corrected chi connectivity index (χ1v) is 10.1. The number of fused-ring (bicyclic) bond motifs is 1. The number of likely N-dealkylation sites (N-methyl/N-ethyl adjacent to an activating group) is 1. The van der Waals surface area contributed by atoms with Crippen molar-refractivity contribution in [3.05, 3.63) is 23.3 Å². The fourth-order valence-corrected chi connectivity index (χ4v) is 3.76. The molecule has 0 radical (unpaired) electrons. The Morgan fingerprint density at radius 3 is 2.74 bits per heavy atom. The Kier molecular flexibility index (Phi) is 6.47. The van der Waals surface area contributed by atoms with E-state index in [2.05, 4.69) is 53.7 Å². The predicted octanol–water partition coefficient (Wildman–Crippen LogP) is 2.41. The van der Waals surface area contributed by atoms with Crippen LogP contribution in [0.4, 0.5) is 0 Å². The van der Waals surface area contributed by atoms with Gasteiger partial charge in [0.1, 0.15) is 17.6 Å². The minimum absolute atomic E-state index is 0.234. The molecule has 1 heterocycles. The number of nitrogens with one attached hydrogen (secondary N) is 2. The summed E-state index contributed by atoms with van der Waals surface area (Å²) in [5.41, 5.74) is 2.33. The molecule has 2 N–H and O–H groups in total. The molecule has 1 aliphatic heterocycles.